The lowest BCUT2D eigenvalue weighted by molar-refractivity contribution is 0.106. The van der Waals surface area contributed by atoms with E-state index in [0.29, 0.717) is 12.0 Å². The van der Waals surface area contributed by atoms with Crippen molar-refractivity contribution in [2.24, 2.45) is 0 Å². The Labute approximate surface area is 103 Å². The standard InChI is InChI=1S/C14H20N2O/c1-4-11-5-7-12(8-6-11)14(17)13(15)9-10-16(2)3/h5-8,15H,4,9-10H2,1-3H3. The molecule has 0 aliphatic rings. The highest BCUT2D eigenvalue weighted by molar-refractivity contribution is 6.44. The van der Waals surface area contributed by atoms with Crippen LogP contribution in [0.15, 0.2) is 24.3 Å². The van der Waals surface area contributed by atoms with Gasteiger partial charge in [-0.3, -0.25) is 4.79 Å². The van der Waals surface area contributed by atoms with Gasteiger partial charge in [-0.2, -0.15) is 0 Å². The zero-order valence-corrected chi connectivity index (χ0v) is 10.8. The van der Waals surface area contributed by atoms with Crippen LogP contribution in [-0.4, -0.2) is 37.0 Å². The summed E-state index contributed by atoms with van der Waals surface area (Å²) in [5.74, 6) is -0.158. The van der Waals surface area contributed by atoms with E-state index in [-0.39, 0.29) is 11.5 Å². The molecule has 0 amide bonds. The summed E-state index contributed by atoms with van der Waals surface area (Å²) < 4.78 is 0. The maximum absolute atomic E-state index is 11.9. The van der Waals surface area contributed by atoms with Crippen molar-refractivity contribution in [2.75, 3.05) is 20.6 Å². The Kier molecular flexibility index (Phi) is 5.04. The molecular weight excluding hydrogens is 212 g/mol. The summed E-state index contributed by atoms with van der Waals surface area (Å²) in [6, 6.07) is 7.52. The van der Waals surface area contributed by atoms with Crippen molar-refractivity contribution in [3.63, 3.8) is 0 Å². The van der Waals surface area contributed by atoms with Crippen LogP contribution in [0.25, 0.3) is 0 Å². The second-order valence-electron chi connectivity index (χ2n) is 4.41. The molecule has 0 aliphatic carbocycles. The van der Waals surface area contributed by atoms with Crippen LogP contribution < -0.4 is 0 Å². The number of carbonyl (C=O) groups excluding carboxylic acids is 1. The second kappa shape index (κ2) is 6.30. The first-order chi connectivity index (χ1) is 8.04. The number of aryl methyl sites for hydroxylation is 1. The fraction of sp³-hybridized carbons (Fsp3) is 0.429. The molecule has 0 radical (unpaired) electrons. The average Bonchev–Trinajstić information content (AvgIpc) is 2.35. The minimum absolute atomic E-state index is 0.158. The number of nitrogens with zero attached hydrogens (tertiary/aromatic N) is 1. The Morgan fingerprint density at radius 2 is 1.82 bits per heavy atom. The Balaban J connectivity index is 2.65. The van der Waals surface area contributed by atoms with Gasteiger partial charge in [-0.05, 0) is 26.1 Å². The lowest BCUT2D eigenvalue weighted by atomic mass is 10.0. The van der Waals surface area contributed by atoms with E-state index in [2.05, 4.69) is 6.92 Å². The molecule has 92 valence electrons. The smallest absolute Gasteiger partial charge is 0.206 e. The minimum atomic E-state index is -0.158. The summed E-state index contributed by atoms with van der Waals surface area (Å²) in [4.78, 5) is 13.9. The first-order valence-corrected chi connectivity index (χ1v) is 5.90. The Hall–Kier alpha value is -1.48. The number of ketones is 1. The fourth-order valence-electron chi connectivity index (χ4n) is 1.51. The predicted octanol–water partition coefficient (Wildman–Crippen LogP) is 2.40. The molecule has 1 aromatic rings. The van der Waals surface area contributed by atoms with Crippen molar-refractivity contribution >= 4 is 11.5 Å². The van der Waals surface area contributed by atoms with Crippen molar-refractivity contribution in [2.45, 2.75) is 19.8 Å². The minimum Gasteiger partial charge on any atom is -0.309 e. The third kappa shape index (κ3) is 4.11. The Bertz CT molecular complexity index is 393. The van der Waals surface area contributed by atoms with Gasteiger partial charge in [0.2, 0.25) is 5.78 Å². The molecule has 0 atom stereocenters. The molecule has 0 aromatic heterocycles. The molecule has 0 unspecified atom stereocenters. The third-order valence-electron chi connectivity index (χ3n) is 2.71. The van der Waals surface area contributed by atoms with E-state index in [4.69, 9.17) is 5.41 Å². The maximum Gasteiger partial charge on any atom is 0.206 e. The normalized spacial score (nSPS) is 10.6. The number of benzene rings is 1. The summed E-state index contributed by atoms with van der Waals surface area (Å²) in [6.07, 6.45) is 1.47. The molecule has 1 N–H and O–H groups in total. The van der Waals surface area contributed by atoms with Gasteiger partial charge in [0, 0.05) is 18.5 Å². The monoisotopic (exact) mass is 232 g/mol. The summed E-state index contributed by atoms with van der Waals surface area (Å²) in [6.45, 7) is 2.81. The van der Waals surface area contributed by atoms with Crippen LogP contribution in [0.4, 0.5) is 0 Å². The van der Waals surface area contributed by atoms with Crippen LogP contribution in [0.5, 0.6) is 0 Å². The topological polar surface area (TPSA) is 44.2 Å². The quantitative estimate of drug-likeness (QED) is 0.604. The highest BCUT2D eigenvalue weighted by Crippen LogP contribution is 2.07. The molecule has 0 heterocycles. The van der Waals surface area contributed by atoms with Crippen LogP contribution in [-0.2, 0) is 6.42 Å². The summed E-state index contributed by atoms with van der Waals surface area (Å²) in [5.41, 5.74) is 2.01. The van der Waals surface area contributed by atoms with Crippen molar-refractivity contribution in [3.8, 4) is 0 Å². The number of hydrogen-bond donors (Lipinski definition) is 1. The van der Waals surface area contributed by atoms with Gasteiger partial charge in [0.05, 0.1) is 5.71 Å². The van der Waals surface area contributed by atoms with Gasteiger partial charge in [0.1, 0.15) is 0 Å². The molecule has 1 rings (SSSR count). The van der Waals surface area contributed by atoms with Gasteiger partial charge < -0.3 is 10.3 Å². The molecule has 1 aromatic carbocycles. The highest BCUT2D eigenvalue weighted by Gasteiger charge is 2.11. The molecule has 3 heteroatoms. The molecule has 0 aliphatic heterocycles. The van der Waals surface area contributed by atoms with Gasteiger partial charge in [0.15, 0.2) is 0 Å². The van der Waals surface area contributed by atoms with Crippen LogP contribution in [0.3, 0.4) is 0 Å². The van der Waals surface area contributed by atoms with Crippen LogP contribution in [0.2, 0.25) is 0 Å². The van der Waals surface area contributed by atoms with E-state index >= 15 is 0 Å². The van der Waals surface area contributed by atoms with Crippen molar-refractivity contribution in [1.82, 2.24) is 4.90 Å². The number of rotatable bonds is 6. The van der Waals surface area contributed by atoms with Crippen molar-refractivity contribution in [3.05, 3.63) is 35.4 Å². The molecule has 0 spiro atoms. The lowest BCUT2D eigenvalue weighted by Gasteiger charge is -2.09. The van der Waals surface area contributed by atoms with E-state index in [1.165, 1.54) is 5.56 Å². The van der Waals surface area contributed by atoms with E-state index in [0.717, 1.165) is 13.0 Å². The maximum atomic E-state index is 11.9. The Morgan fingerprint density at radius 1 is 1.24 bits per heavy atom. The van der Waals surface area contributed by atoms with Gasteiger partial charge in [-0.1, -0.05) is 31.2 Å². The van der Waals surface area contributed by atoms with E-state index in [9.17, 15) is 4.79 Å². The third-order valence-corrected chi connectivity index (χ3v) is 2.71. The van der Waals surface area contributed by atoms with Gasteiger partial charge >= 0.3 is 0 Å². The van der Waals surface area contributed by atoms with E-state index < -0.39 is 0 Å². The van der Waals surface area contributed by atoms with Crippen LogP contribution in [0.1, 0.15) is 29.3 Å². The molecular formula is C14H20N2O. The van der Waals surface area contributed by atoms with Crippen LogP contribution in [0, 0.1) is 5.41 Å². The first-order valence-electron chi connectivity index (χ1n) is 5.90. The highest BCUT2D eigenvalue weighted by atomic mass is 16.1. The number of nitrogens with one attached hydrogen (secondary N) is 1. The number of carbonyl (C=O) groups is 1. The zero-order valence-electron chi connectivity index (χ0n) is 10.8. The molecule has 0 saturated heterocycles. The molecule has 0 bridgehead atoms. The summed E-state index contributed by atoms with van der Waals surface area (Å²) >= 11 is 0. The SMILES string of the molecule is CCc1ccc(C(=O)C(=N)CCN(C)C)cc1. The van der Waals surface area contributed by atoms with Gasteiger partial charge in [-0.25, -0.2) is 0 Å². The van der Waals surface area contributed by atoms with Gasteiger partial charge in [0.25, 0.3) is 0 Å². The lowest BCUT2D eigenvalue weighted by Crippen LogP contribution is -2.21. The first kappa shape index (κ1) is 13.6. The largest absolute Gasteiger partial charge is 0.309 e. The van der Waals surface area contributed by atoms with Crippen molar-refractivity contribution in [1.29, 1.82) is 5.41 Å². The Morgan fingerprint density at radius 3 is 2.29 bits per heavy atom. The molecule has 0 fully saturated rings. The summed E-state index contributed by atoms with van der Waals surface area (Å²) in [5, 5.41) is 7.75. The average molecular weight is 232 g/mol. The van der Waals surface area contributed by atoms with Gasteiger partial charge in [-0.15, -0.1) is 0 Å². The molecule has 0 saturated carbocycles. The predicted molar refractivity (Wildman–Crippen MR) is 71.0 cm³/mol. The number of hydrogen-bond acceptors (Lipinski definition) is 3. The van der Waals surface area contributed by atoms with E-state index in [1.807, 2.05) is 43.3 Å². The summed E-state index contributed by atoms with van der Waals surface area (Å²) in [7, 11) is 3.88. The van der Waals surface area contributed by atoms with Crippen molar-refractivity contribution < 1.29 is 4.79 Å². The second-order valence-corrected chi connectivity index (χ2v) is 4.41. The zero-order chi connectivity index (χ0) is 12.8. The van der Waals surface area contributed by atoms with Crippen LogP contribution >= 0.6 is 0 Å². The molecule has 3 nitrogen and oxygen atoms in total. The fourth-order valence-corrected chi connectivity index (χ4v) is 1.51. The number of Topliss-reactive ketones (excluding diaryl/α,β-unsaturated/α-hetero) is 1. The molecule has 17 heavy (non-hydrogen) atoms. The van der Waals surface area contributed by atoms with E-state index in [1.54, 1.807) is 0 Å².